The largest absolute Gasteiger partial charge is 0.611 e. The van der Waals surface area contributed by atoms with E-state index >= 15 is 0 Å². The van der Waals surface area contributed by atoms with Crippen LogP contribution >= 0.6 is 11.6 Å². The lowest BCUT2D eigenvalue weighted by atomic mass is 10.2. The highest BCUT2D eigenvalue weighted by atomic mass is 35.5. The average molecular weight is 394 g/mol. The number of halogens is 1. The van der Waals surface area contributed by atoms with Crippen LogP contribution < -0.4 is 4.74 Å². The molecule has 26 heavy (non-hydrogen) atoms. The van der Waals surface area contributed by atoms with Crippen LogP contribution in [0.2, 0.25) is 5.02 Å². The normalized spacial score (nSPS) is 18.0. The molecule has 2 aromatic rings. The minimum atomic E-state index is -1.16. The van der Waals surface area contributed by atoms with Gasteiger partial charge >= 0.3 is 0 Å². The number of aliphatic hydroxyl groups excluding tert-OH is 1. The minimum Gasteiger partial charge on any atom is -0.611 e. The molecule has 2 aromatic carbocycles. The van der Waals surface area contributed by atoms with Crippen molar-refractivity contribution in [2.75, 3.05) is 19.7 Å². The number of likely N-dealkylation sites (tertiary alicyclic amines) is 1. The zero-order valence-corrected chi connectivity index (χ0v) is 15.7. The van der Waals surface area contributed by atoms with Crippen LogP contribution in [0, 0.1) is 0 Å². The number of benzene rings is 2. The van der Waals surface area contributed by atoms with Gasteiger partial charge in [0, 0.05) is 18.0 Å². The molecule has 1 heterocycles. The number of aliphatic hydroxyl groups is 1. The summed E-state index contributed by atoms with van der Waals surface area (Å²) < 4.78 is 18.2. The van der Waals surface area contributed by atoms with E-state index in [1.165, 1.54) is 0 Å². The Morgan fingerprint density at radius 3 is 2.58 bits per heavy atom. The number of hydrogen-bond acceptors (Lipinski definition) is 4. The smallest absolute Gasteiger partial charge is 0.260 e. The molecule has 1 fully saturated rings. The number of carbonyl (C=O) groups is 1. The Morgan fingerprint density at radius 1 is 1.23 bits per heavy atom. The van der Waals surface area contributed by atoms with Gasteiger partial charge in [0.2, 0.25) is 0 Å². The second kappa shape index (κ2) is 8.77. The summed E-state index contributed by atoms with van der Waals surface area (Å²) in [5, 5.41) is 9.55. The first-order valence-corrected chi connectivity index (χ1v) is 9.92. The standard InChI is InChI=1S/C19H20ClNO4S/c20-15-3-7-17(8-4-15)26(24)18-9-10-21(11-18)19(23)13-25-16-5-1-14(12-22)2-6-16/h1-8,18,22H,9-13H2. The third-order valence-electron chi connectivity index (χ3n) is 4.31. The van der Waals surface area contributed by atoms with Gasteiger partial charge in [0.15, 0.2) is 11.5 Å². The Kier molecular flexibility index (Phi) is 6.43. The molecule has 1 saturated heterocycles. The highest BCUT2D eigenvalue weighted by Crippen LogP contribution is 2.25. The third kappa shape index (κ3) is 4.71. The van der Waals surface area contributed by atoms with Crippen molar-refractivity contribution in [3.63, 3.8) is 0 Å². The van der Waals surface area contributed by atoms with Gasteiger partial charge in [0.1, 0.15) is 11.0 Å². The van der Waals surface area contributed by atoms with Crippen molar-refractivity contribution >= 4 is 28.7 Å². The molecule has 1 aliphatic rings. The SMILES string of the molecule is O=C(COc1ccc(CO)cc1)N1CCC([S+]([O-])c2ccc(Cl)cc2)C1. The van der Waals surface area contributed by atoms with E-state index in [2.05, 4.69) is 0 Å². The van der Waals surface area contributed by atoms with Crippen molar-refractivity contribution in [1.29, 1.82) is 0 Å². The van der Waals surface area contributed by atoms with Crippen molar-refractivity contribution in [3.8, 4) is 5.75 Å². The van der Waals surface area contributed by atoms with Gasteiger partial charge < -0.3 is 19.3 Å². The van der Waals surface area contributed by atoms with Gasteiger partial charge in [0.25, 0.3) is 5.91 Å². The van der Waals surface area contributed by atoms with Crippen LogP contribution in [0.5, 0.6) is 5.75 Å². The lowest BCUT2D eigenvalue weighted by Crippen LogP contribution is -2.35. The maximum Gasteiger partial charge on any atom is 0.260 e. The summed E-state index contributed by atoms with van der Waals surface area (Å²) in [5.74, 6) is 0.461. The van der Waals surface area contributed by atoms with Crippen molar-refractivity contribution in [2.45, 2.75) is 23.2 Å². The molecule has 1 aliphatic heterocycles. The molecule has 7 heteroatoms. The van der Waals surface area contributed by atoms with Crippen LogP contribution in [-0.4, -0.2) is 45.4 Å². The molecule has 1 N–H and O–H groups in total. The van der Waals surface area contributed by atoms with Gasteiger partial charge in [-0.3, -0.25) is 4.79 Å². The highest BCUT2D eigenvalue weighted by Gasteiger charge is 2.35. The first-order chi connectivity index (χ1) is 12.6. The summed E-state index contributed by atoms with van der Waals surface area (Å²) in [7, 11) is 0. The number of amides is 1. The summed E-state index contributed by atoms with van der Waals surface area (Å²) >= 11 is 4.70. The topological polar surface area (TPSA) is 72.8 Å². The van der Waals surface area contributed by atoms with E-state index in [0.717, 1.165) is 10.5 Å². The first-order valence-electron chi connectivity index (χ1n) is 8.33. The minimum absolute atomic E-state index is 0.0286. The second-order valence-corrected chi connectivity index (χ2v) is 8.26. The van der Waals surface area contributed by atoms with E-state index in [-0.39, 0.29) is 24.4 Å². The summed E-state index contributed by atoms with van der Waals surface area (Å²) in [6.07, 6.45) is 0.701. The summed E-state index contributed by atoms with van der Waals surface area (Å²) in [6.45, 7) is 0.953. The van der Waals surface area contributed by atoms with Crippen molar-refractivity contribution in [3.05, 3.63) is 59.1 Å². The molecular weight excluding hydrogens is 374 g/mol. The monoisotopic (exact) mass is 393 g/mol. The van der Waals surface area contributed by atoms with Gasteiger partial charge in [0.05, 0.1) is 13.2 Å². The van der Waals surface area contributed by atoms with Crippen LogP contribution in [0.3, 0.4) is 0 Å². The number of rotatable bonds is 6. The second-order valence-electron chi connectivity index (χ2n) is 6.09. The number of carbonyl (C=O) groups excluding carboxylic acids is 1. The van der Waals surface area contributed by atoms with Gasteiger partial charge in [-0.1, -0.05) is 23.7 Å². The fraction of sp³-hybridized carbons (Fsp3) is 0.316. The Hall–Kier alpha value is -1.73. The Labute approximate surface area is 160 Å². The molecule has 2 unspecified atom stereocenters. The van der Waals surface area contributed by atoms with Crippen molar-refractivity contribution in [2.24, 2.45) is 0 Å². The van der Waals surface area contributed by atoms with Gasteiger partial charge in [-0.05, 0) is 53.1 Å². The Morgan fingerprint density at radius 2 is 1.92 bits per heavy atom. The van der Waals surface area contributed by atoms with E-state index in [1.54, 1.807) is 53.4 Å². The maximum absolute atomic E-state index is 12.6. The molecule has 138 valence electrons. The van der Waals surface area contributed by atoms with Crippen LogP contribution in [0.25, 0.3) is 0 Å². The molecule has 0 radical (unpaired) electrons. The fourth-order valence-corrected chi connectivity index (χ4v) is 4.37. The van der Waals surface area contributed by atoms with Crippen LogP contribution in [0.15, 0.2) is 53.4 Å². The molecule has 2 atom stereocenters. The van der Waals surface area contributed by atoms with Gasteiger partial charge in [-0.2, -0.15) is 0 Å². The quantitative estimate of drug-likeness (QED) is 0.766. The van der Waals surface area contributed by atoms with E-state index in [1.807, 2.05) is 0 Å². The zero-order valence-electron chi connectivity index (χ0n) is 14.1. The molecule has 0 saturated carbocycles. The molecule has 3 rings (SSSR count). The molecule has 0 aromatic heterocycles. The van der Waals surface area contributed by atoms with Gasteiger partial charge in [-0.15, -0.1) is 0 Å². The number of ether oxygens (including phenoxy) is 1. The molecule has 0 spiro atoms. The average Bonchev–Trinajstić information content (AvgIpc) is 3.17. The molecular formula is C19H20ClNO4S. The predicted octanol–water partition coefficient (Wildman–Crippen LogP) is 2.62. The summed E-state index contributed by atoms with van der Waals surface area (Å²) in [4.78, 5) is 14.8. The number of nitrogens with zero attached hydrogens (tertiary/aromatic N) is 1. The van der Waals surface area contributed by atoms with E-state index in [9.17, 15) is 9.35 Å². The highest BCUT2D eigenvalue weighted by molar-refractivity contribution is 7.92. The van der Waals surface area contributed by atoms with E-state index in [4.69, 9.17) is 21.4 Å². The molecule has 0 bridgehead atoms. The lowest BCUT2D eigenvalue weighted by molar-refractivity contribution is -0.132. The maximum atomic E-state index is 12.6. The lowest BCUT2D eigenvalue weighted by Gasteiger charge is -2.19. The zero-order chi connectivity index (χ0) is 18.5. The van der Waals surface area contributed by atoms with Gasteiger partial charge in [-0.25, -0.2) is 0 Å². The van der Waals surface area contributed by atoms with Crippen LogP contribution in [0.1, 0.15) is 12.0 Å². The third-order valence-corrected chi connectivity index (χ3v) is 6.29. The molecule has 5 nitrogen and oxygen atoms in total. The Bertz CT molecular complexity index is 738. The first kappa shape index (κ1) is 19.0. The Balaban J connectivity index is 1.50. The van der Waals surface area contributed by atoms with E-state index < -0.39 is 11.2 Å². The predicted molar refractivity (Wildman–Crippen MR) is 101 cm³/mol. The molecule has 1 amide bonds. The summed E-state index contributed by atoms with van der Waals surface area (Å²) in [5.41, 5.74) is 0.788. The van der Waals surface area contributed by atoms with Crippen LogP contribution in [-0.2, 0) is 22.6 Å². The number of hydrogen-bond donors (Lipinski definition) is 1. The summed E-state index contributed by atoms with van der Waals surface area (Å²) in [6, 6.07) is 13.9. The fourth-order valence-electron chi connectivity index (χ4n) is 2.82. The van der Waals surface area contributed by atoms with E-state index in [0.29, 0.717) is 30.3 Å². The van der Waals surface area contributed by atoms with Crippen molar-refractivity contribution in [1.82, 2.24) is 4.90 Å². The van der Waals surface area contributed by atoms with Crippen molar-refractivity contribution < 1.29 is 19.2 Å². The molecule has 0 aliphatic carbocycles. The van der Waals surface area contributed by atoms with Crippen LogP contribution in [0.4, 0.5) is 0 Å².